The molecule has 1 aromatic carbocycles. The van der Waals surface area contributed by atoms with Gasteiger partial charge in [0.2, 0.25) is 0 Å². The molecule has 0 atom stereocenters. The van der Waals surface area contributed by atoms with Gasteiger partial charge in [0.1, 0.15) is 0 Å². The van der Waals surface area contributed by atoms with Gasteiger partial charge in [0.05, 0.1) is 0 Å². The van der Waals surface area contributed by atoms with Gasteiger partial charge in [-0.05, 0) is 29.0 Å². The first-order chi connectivity index (χ1) is 6.54. The summed E-state index contributed by atoms with van der Waals surface area (Å²) in [6.45, 7) is 6.46. The predicted molar refractivity (Wildman–Crippen MR) is 58.1 cm³/mol. The molecule has 0 N–H and O–H groups in total. The van der Waals surface area contributed by atoms with Gasteiger partial charge in [-0.25, -0.2) is 0 Å². The Labute approximate surface area is 85.1 Å². The second-order valence-corrected chi connectivity index (χ2v) is 4.22. The molecule has 1 rings (SSSR count). The molecule has 0 saturated carbocycles. The molecule has 0 aliphatic carbocycles. The highest BCUT2D eigenvalue weighted by Gasteiger charge is 2.12. The minimum absolute atomic E-state index is 0.124. The molecule has 0 unspecified atom stereocenters. The van der Waals surface area contributed by atoms with E-state index < -0.39 is 0 Å². The Morgan fingerprint density at radius 2 is 2.00 bits per heavy atom. The third-order valence-electron chi connectivity index (χ3n) is 2.00. The summed E-state index contributed by atoms with van der Waals surface area (Å²) in [4.78, 5) is 10.1. The van der Waals surface area contributed by atoms with Crippen molar-refractivity contribution in [3.63, 3.8) is 0 Å². The van der Waals surface area contributed by atoms with E-state index >= 15 is 0 Å². The van der Waals surface area contributed by atoms with Crippen molar-refractivity contribution in [2.45, 2.75) is 26.2 Å². The summed E-state index contributed by atoms with van der Waals surface area (Å²) in [6, 6.07) is 7.98. The molecule has 1 aromatic rings. The molecule has 0 spiro atoms. The molecule has 72 valence electrons. The molecule has 0 radical (unpaired) electrons. The van der Waals surface area contributed by atoms with Crippen LogP contribution in [0.15, 0.2) is 24.3 Å². The molecule has 1 heteroatoms. The fourth-order valence-corrected chi connectivity index (χ4v) is 1.18. The van der Waals surface area contributed by atoms with Crippen LogP contribution in [0.5, 0.6) is 0 Å². The van der Waals surface area contributed by atoms with Crippen LogP contribution in [0.1, 0.15) is 31.9 Å². The number of carbonyl (C=O) groups excluding carboxylic acids is 1. The first kappa shape index (κ1) is 10.5. The van der Waals surface area contributed by atoms with Gasteiger partial charge in [0.25, 0.3) is 0 Å². The Kier molecular flexibility index (Phi) is 3.09. The van der Waals surface area contributed by atoms with Gasteiger partial charge < -0.3 is 0 Å². The number of aldehydes is 1. The van der Waals surface area contributed by atoms with E-state index in [1.54, 1.807) is 0 Å². The van der Waals surface area contributed by atoms with E-state index in [0.717, 1.165) is 5.56 Å². The van der Waals surface area contributed by atoms with Crippen LogP contribution in [0.25, 0.3) is 0 Å². The Morgan fingerprint density at radius 3 is 2.57 bits per heavy atom. The van der Waals surface area contributed by atoms with Crippen molar-refractivity contribution < 1.29 is 4.79 Å². The lowest BCUT2D eigenvalue weighted by Gasteiger charge is -2.18. The third-order valence-corrected chi connectivity index (χ3v) is 2.00. The van der Waals surface area contributed by atoms with Crippen LogP contribution in [-0.4, -0.2) is 6.29 Å². The van der Waals surface area contributed by atoms with Crippen molar-refractivity contribution in [2.24, 2.45) is 0 Å². The van der Waals surface area contributed by atoms with Crippen molar-refractivity contribution in [1.82, 2.24) is 0 Å². The van der Waals surface area contributed by atoms with Crippen LogP contribution in [0.2, 0.25) is 0 Å². The van der Waals surface area contributed by atoms with Gasteiger partial charge in [-0.2, -0.15) is 0 Å². The molecule has 0 fully saturated rings. The SMILES string of the molecule is CC(C)(C)c1cccc(C#CC=O)c1. The van der Waals surface area contributed by atoms with E-state index in [9.17, 15) is 4.79 Å². The second-order valence-electron chi connectivity index (χ2n) is 4.22. The van der Waals surface area contributed by atoms with Crippen LogP contribution in [-0.2, 0) is 10.2 Å². The monoisotopic (exact) mass is 186 g/mol. The summed E-state index contributed by atoms with van der Waals surface area (Å²) in [5.74, 6) is 5.20. The van der Waals surface area contributed by atoms with Crippen LogP contribution in [0, 0.1) is 11.8 Å². The van der Waals surface area contributed by atoms with Gasteiger partial charge in [-0.1, -0.05) is 38.8 Å². The summed E-state index contributed by atoms with van der Waals surface area (Å²) in [6.07, 6.45) is 0.615. The Hall–Kier alpha value is -1.55. The van der Waals surface area contributed by atoms with E-state index in [1.165, 1.54) is 5.56 Å². The first-order valence-electron chi connectivity index (χ1n) is 4.60. The Morgan fingerprint density at radius 1 is 1.29 bits per heavy atom. The van der Waals surface area contributed by atoms with Crippen LogP contribution >= 0.6 is 0 Å². The Balaban J connectivity index is 3.07. The van der Waals surface area contributed by atoms with Crippen LogP contribution < -0.4 is 0 Å². The fraction of sp³-hybridized carbons (Fsp3) is 0.308. The average molecular weight is 186 g/mol. The minimum atomic E-state index is 0.124. The maximum atomic E-state index is 10.1. The number of benzene rings is 1. The summed E-state index contributed by atoms with van der Waals surface area (Å²) < 4.78 is 0. The zero-order valence-electron chi connectivity index (χ0n) is 8.79. The normalized spacial score (nSPS) is 10.2. The smallest absolute Gasteiger partial charge is 0.193 e. The Bertz CT molecular complexity index is 386. The highest BCUT2D eigenvalue weighted by Crippen LogP contribution is 2.22. The average Bonchev–Trinajstić information content (AvgIpc) is 2.14. The van der Waals surface area contributed by atoms with E-state index in [-0.39, 0.29) is 5.41 Å². The lowest BCUT2D eigenvalue weighted by Crippen LogP contribution is -2.10. The summed E-state index contributed by atoms with van der Waals surface area (Å²) in [5.41, 5.74) is 2.25. The van der Waals surface area contributed by atoms with Crippen molar-refractivity contribution in [1.29, 1.82) is 0 Å². The van der Waals surface area contributed by atoms with Crippen molar-refractivity contribution in [3.05, 3.63) is 35.4 Å². The van der Waals surface area contributed by atoms with E-state index in [2.05, 4.69) is 38.7 Å². The van der Waals surface area contributed by atoms with E-state index in [4.69, 9.17) is 0 Å². The maximum Gasteiger partial charge on any atom is 0.193 e. The molecule has 0 aromatic heterocycles. The molecule has 14 heavy (non-hydrogen) atoms. The van der Waals surface area contributed by atoms with Crippen molar-refractivity contribution >= 4 is 6.29 Å². The van der Waals surface area contributed by atoms with E-state index in [0.29, 0.717) is 6.29 Å². The number of hydrogen-bond acceptors (Lipinski definition) is 1. The molecule has 0 aliphatic heterocycles. The summed E-state index contributed by atoms with van der Waals surface area (Å²) >= 11 is 0. The molecular formula is C13H14O. The number of rotatable bonds is 0. The van der Waals surface area contributed by atoms with Gasteiger partial charge in [-0.15, -0.1) is 0 Å². The topological polar surface area (TPSA) is 17.1 Å². The first-order valence-corrected chi connectivity index (χ1v) is 4.60. The zero-order valence-corrected chi connectivity index (χ0v) is 8.79. The van der Waals surface area contributed by atoms with Crippen molar-refractivity contribution in [2.75, 3.05) is 0 Å². The molecule has 0 heterocycles. The molecule has 0 aliphatic rings. The van der Waals surface area contributed by atoms with Crippen LogP contribution in [0.4, 0.5) is 0 Å². The molecule has 0 amide bonds. The van der Waals surface area contributed by atoms with Crippen LogP contribution in [0.3, 0.4) is 0 Å². The highest BCUT2D eigenvalue weighted by molar-refractivity contribution is 5.74. The minimum Gasteiger partial charge on any atom is -0.289 e. The fourth-order valence-electron chi connectivity index (χ4n) is 1.18. The highest BCUT2D eigenvalue weighted by atomic mass is 16.1. The third kappa shape index (κ3) is 2.74. The molecule has 1 nitrogen and oxygen atoms in total. The lowest BCUT2D eigenvalue weighted by atomic mass is 9.86. The molecule has 0 bridgehead atoms. The summed E-state index contributed by atoms with van der Waals surface area (Å²) in [5, 5.41) is 0. The van der Waals surface area contributed by atoms with E-state index in [1.807, 2.05) is 18.2 Å². The van der Waals surface area contributed by atoms with Crippen molar-refractivity contribution in [3.8, 4) is 11.8 Å². The standard InChI is InChI=1S/C13H14O/c1-13(2,3)12-8-4-6-11(10-12)7-5-9-14/h4,6,8-10H,1-3H3. The quantitative estimate of drug-likeness (QED) is 0.449. The number of hydrogen-bond donors (Lipinski definition) is 0. The second kappa shape index (κ2) is 4.11. The largest absolute Gasteiger partial charge is 0.289 e. The lowest BCUT2D eigenvalue weighted by molar-refractivity contribution is -0.103. The van der Waals surface area contributed by atoms with Gasteiger partial charge in [0.15, 0.2) is 6.29 Å². The van der Waals surface area contributed by atoms with Gasteiger partial charge in [-0.3, -0.25) is 4.79 Å². The molecule has 0 saturated heterocycles. The molecular weight excluding hydrogens is 172 g/mol. The summed E-state index contributed by atoms with van der Waals surface area (Å²) in [7, 11) is 0. The zero-order chi connectivity index (χ0) is 10.6. The maximum absolute atomic E-state index is 10.1. The predicted octanol–water partition coefficient (Wildman–Crippen LogP) is 2.53. The van der Waals surface area contributed by atoms with Gasteiger partial charge in [0, 0.05) is 5.56 Å². The number of carbonyl (C=O) groups is 1. The van der Waals surface area contributed by atoms with Gasteiger partial charge >= 0.3 is 0 Å².